The molecule has 0 bridgehead atoms. The highest BCUT2D eigenvalue weighted by Gasteiger charge is 2.22. The summed E-state index contributed by atoms with van der Waals surface area (Å²) in [6.45, 7) is 4.66. The van der Waals surface area contributed by atoms with E-state index in [1.807, 2.05) is 11.0 Å². The molecule has 1 heterocycles. The smallest absolute Gasteiger partial charge is 0.253 e. The van der Waals surface area contributed by atoms with Crippen molar-refractivity contribution < 1.29 is 4.79 Å². The molecule has 1 aliphatic carbocycles. The molecule has 1 aromatic rings. The van der Waals surface area contributed by atoms with Gasteiger partial charge in [-0.3, -0.25) is 4.79 Å². The summed E-state index contributed by atoms with van der Waals surface area (Å²) in [6, 6.07) is 6.65. The lowest BCUT2D eigenvalue weighted by Gasteiger charge is -2.32. The first-order valence-electron chi connectivity index (χ1n) is 6.88. The van der Waals surface area contributed by atoms with Crippen molar-refractivity contribution in [2.24, 2.45) is 0 Å². The minimum absolute atomic E-state index is 0. The van der Waals surface area contributed by atoms with Gasteiger partial charge in [0.1, 0.15) is 0 Å². The van der Waals surface area contributed by atoms with E-state index in [4.69, 9.17) is 0 Å². The lowest BCUT2D eigenvalue weighted by molar-refractivity contribution is 0.0709. The number of aryl methyl sites for hydroxylation is 2. The number of piperazine rings is 1. The molecule has 2 aliphatic rings. The lowest BCUT2D eigenvalue weighted by Crippen LogP contribution is -2.51. The molecule has 0 saturated carbocycles. The normalized spacial score (nSPS) is 21.7. The third-order valence-electron chi connectivity index (χ3n) is 4.00. The molecule has 3 nitrogen and oxygen atoms in total. The number of halogens is 1. The Balaban J connectivity index is 0.00000133. The summed E-state index contributed by atoms with van der Waals surface area (Å²) in [6.07, 6.45) is 3.54. The molecular formula is C15H21ClN2O. The van der Waals surface area contributed by atoms with Crippen LogP contribution in [0.5, 0.6) is 0 Å². The Kier molecular flexibility index (Phi) is 4.48. The molecule has 19 heavy (non-hydrogen) atoms. The van der Waals surface area contributed by atoms with E-state index in [0.29, 0.717) is 6.04 Å². The number of carbonyl (C=O) groups excluding carboxylic acids is 1. The van der Waals surface area contributed by atoms with E-state index in [9.17, 15) is 4.79 Å². The van der Waals surface area contributed by atoms with Crippen LogP contribution >= 0.6 is 12.4 Å². The summed E-state index contributed by atoms with van der Waals surface area (Å²) < 4.78 is 0. The van der Waals surface area contributed by atoms with Gasteiger partial charge in [0, 0.05) is 31.2 Å². The van der Waals surface area contributed by atoms with Crippen LogP contribution in [-0.4, -0.2) is 36.5 Å². The summed E-state index contributed by atoms with van der Waals surface area (Å²) in [7, 11) is 0. The Bertz CT molecular complexity index is 475. The van der Waals surface area contributed by atoms with Gasteiger partial charge in [0.05, 0.1) is 0 Å². The number of benzene rings is 1. The zero-order valence-electron chi connectivity index (χ0n) is 11.3. The Morgan fingerprint density at radius 3 is 2.89 bits per heavy atom. The quantitative estimate of drug-likeness (QED) is 0.854. The molecule has 1 fully saturated rings. The first-order chi connectivity index (χ1) is 8.74. The van der Waals surface area contributed by atoms with Gasteiger partial charge in [-0.2, -0.15) is 0 Å². The predicted molar refractivity (Wildman–Crippen MR) is 79.1 cm³/mol. The van der Waals surface area contributed by atoms with Gasteiger partial charge >= 0.3 is 0 Å². The number of amides is 1. The van der Waals surface area contributed by atoms with Crippen molar-refractivity contribution in [1.29, 1.82) is 0 Å². The van der Waals surface area contributed by atoms with E-state index in [-0.39, 0.29) is 18.3 Å². The van der Waals surface area contributed by atoms with Gasteiger partial charge in [0.25, 0.3) is 5.91 Å². The van der Waals surface area contributed by atoms with Crippen molar-refractivity contribution in [1.82, 2.24) is 10.2 Å². The van der Waals surface area contributed by atoms with Crippen LogP contribution in [0.2, 0.25) is 0 Å². The molecule has 0 spiro atoms. The number of nitrogens with one attached hydrogen (secondary N) is 1. The highest BCUT2D eigenvalue weighted by Crippen LogP contribution is 2.23. The van der Waals surface area contributed by atoms with Gasteiger partial charge in [-0.25, -0.2) is 0 Å². The van der Waals surface area contributed by atoms with E-state index in [1.54, 1.807) is 0 Å². The molecule has 1 unspecified atom stereocenters. The van der Waals surface area contributed by atoms with Crippen molar-refractivity contribution in [2.75, 3.05) is 19.6 Å². The topological polar surface area (TPSA) is 32.3 Å². The molecule has 1 N–H and O–H groups in total. The van der Waals surface area contributed by atoms with E-state index < -0.39 is 0 Å². The second kappa shape index (κ2) is 5.93. The van der Waals surface area contributed by atoms with Crippen molar-refractivity contribution >= 4 is 18.3 Å². The number of hydrogen-bond acceptors (Lipinski definition) is 2. The number of rotatable bonds is 1. The molecule has 0 radical (unpaired) electrons. The fourth-order valence-electron chi connectivity index (χ4n) is 3.00. The maximum atomic E-state index is 12.4. The van der Waals surface area contributed by atoms with Crippen LogP contribution in [-0.2, 0) is 12.8 Å². The van der Waals surface area contributed by atoms with Crippen LogP contribution in [0.25, 0.3) is 0 Å². The fourth-order valence-corrected chi connectivity index (χ4v) is 3.00. The predicted octanol–water partition coefficient (Wildman–Crippen LogP) is 2.03. The number of fused-ring (bicyclic) bond motifs is 1. The van der Waals surface area contributed by atoms with Crippen LogP contribution < -0.4 is 5.32 Å². The molecule has 1 atom stereocenters. The van der Waals surface area contributed by atoms with E-state index in [1.165, 1.54) is 24.0 Å². The molecular weight excluding hydrogens is 260 g/mol. The van der Waals surface area contributed by atoms with E-state index in [2.05, 4.69) is 24.4 Å². The molecule has 1 amide bonds. The van der Waals surface area contributed by atoms with Crippen LogP contribution in [0, 0.1) is 0 Å². The number of nitrogens with zero attached hydrogens (tertiary/aromatic N) is 1. The molecule has 1 saturated heterocycles. The van der Waals surface area contributed by atoms with Gasteiger partial charge in [0.15, 0.2) is 0 Å². The van der Waals surface area contributed by atoms with Gasteiger partial charge in [-0.1, -0.05) is 6.07 Å². The van der Waals surface area contributed by atoms with Crippen molar-refractivity contribution in [2.45, 2.75) is 32.2 Å². The number of hydrogen-bond donors (Lipinski definition) is 1. The Morgan fingerprint density at radius 2 is 2.11 bits per heavy atom. The third-order valence-corrected chi connectivity index (χ3v) is 4.00. The average Bonchev–Trinajstić information content (AvgIpc) is 2.85. The summed E-state index contributed by atoms with van der Waals surface area (Å²) in [4.78, 5) is 14.4. The molecule has 3 rings (SSSR count). The standard InChI is InChI=1S/C15H20N2O.ClH/c1-11-10-17(8-7-16-11)15(18)14-6-5-12-3-2-4-13(12)9-14;/h5-6,9,11,16H,2-4,7-8,10H2,1H3;1H. The summed E-state index contributed by atoms with van der Waals surface area (Å²) in [5.41, 5.74) is 3.68. The highest BCUT2D eigenvalue weighted by molar-refractivity contribution is 5.94. The van der Waals surface area contributed by atoms with Crippen LogP contribution in [0.1, 0.15) is 34.8 Å². The molecule has 1 aromatic carbocycles. The van der Waals surface area contributed by atoms with Gasteiger partial charge in [-0.05, 0) is 49.4 Å². The van der Waals surface area contributed by atoms with Gasteiger partial charge < -0.3 is 10.2 Å². The lowest BCUT2D eigenvalue weighted by atomic mass is 10.0. The zero-order chi connectivity index (χ0) is 12.5. The van der Waals surface area contributed by atoms with Crippen LogP contribution in [0.3, 0.4) is 0 Å². The van der Waals surface area contributed by atoms with E-state index >= 15 is 0 Å². The maximum absolute atomic E-state index is 12.4. The van der Waals surface area contributed by atoms with Crippen molar-refractivity contribution in [3.8, 4) is 0 Å². The summed E-state index contributed by atoms with van der Waals surface area (Å²) in [5, 5.41) is 3.37. The maximum Gasteiger partial charge on any atom is 0.253 e. The molecule has 4 heteroatoms. The zero-order valence-corrected chi connectivity index (χ0v) is 12.1. The molecule has 1 aliphatic heterocycles. The minimum atomic E-state index is 0. The Morgan fingerprint density at radius 1 is 1.32 bits per heavy atom. The van der Waals surface area contributed by atoms with E-state index in [0.717, 1.165) is 31.6 Å². The monoisotopic (exact) mass is 280 g/mol. The van der Waals surface area contributed by atoms with Gasteiger partial charge in [0.2, 0.25) is 0 Å². The summed E-state index contributed by atoms with van der Waals surface area (Å²) in [5.74, 6) is 0.193. The van der Waals surface area contributed by atoms with Crippen molar-refractivity contribution in [3.05, 3.63) is 34.9 Å². The van der Waals surface area contributed by atoms with Crippen LogP contribution in [0.4, 0.5) is 0 Å². The number of carbonyl (C=O) groups is 1. The molecule has 104 valence electrons. The largest absolute Gasteiger partial charge is 0.336 e. The minimum Gasteiger partial charge on any atom is -0.336 e. The molecule has 0 aromatic heterocycles. The second-order valence-corrected chi connectivity index (χ2v) is 5.44. The highest BCUT2D eigenvalue weighted by atomic mass is 35.5. The first kappa shape index (κ1) is 14.4. The Hall–Kier alpha value is -1.06. The van der Waals surface area contributed by atoms with Crippen LogP contribution in [0.15, 0.2) is 18.2 Å². The Labute approximate surface area is 120 Å². The SMILES string of the molecule is CC1CN(C(=O)c2ccc3c(c2)CCC3)CCN1.Cl. The van der Waals surface area contributed by atoms with Gasteiger partial charge in [-0.15, -0.1) is 12.4 Å². The summed E-state index contributed by atoms with van der Waals surface area (Å²) >= 11 is 0. The fraction of sp³-hybridized carbons (Fsp3) is 0.533. The second-order valence-electron chi connectivity index (χ2n) is 5.44. The van der Waals surface area contributed by atoms with Crippen molar-refractivity contribution in [3.63, 3.8) is 0 Å². The first-order valence-corrected chi connectivity index (χ1v) is 6.88. The third kappa shape index (κ3) is 2.93. The average molecular weight is 281 g/mol.